The average molecular weight is 514 g/mol. The highest BCUT2D eigenvalue weighted by molar-refractivity contribution is 7.92. The van der Waals surface area contributed by atoms with Crippen LogP contribution in [0.1, 0.15) is 27.2 Å². The molecule has 0 aliphatic rings. The van der Waals surface area contributed by atoms with Crippen molar-refractivity contribution >= 4 is 44.0 Å². The Morgan fingerprint density at radius 1 is 1.03 bits per heavy atom. The maximum atomic E-state index is 12.8. The van der Waals surface area contributed by atoms with Gasteiger partial charge in [-0.2, -0.15) is 4.36 Å². The van der Waals surface area contributed by atoms with Crippen molar-refractivity contribution in [3.63, 3.8) is 0 Å². The Labute approximate surface area is 216 Å². The van der Waals surface area contributed by atoms with Gasteiger partial charge in [0.1, 0.15) is 12.4 Å². The van der Waals surface area contributed by atoms with Crippen LogP contribution in [0.25, 0.3) is 22.2 Å². The van der Waals surface area contributed by atoms with Crippen LogP contribution in [0.5, 0.6) is 5.75 Å². The fraction of sp³-hybridized carbons (Fsp3) is 0.143. The zero-order chi connectivity index (χ0) is 26.4. The van der Waals surface area contributed by atoms with Crippen molar-refractivity contribution in [2.45, 2.75) is 6.61 Å². The molecule has 0 spiro atoms. The van der Waals surface area contributed by atoms with Gasteiger partial charge in [0.25, 0.3) is 5.91 Å². The summed E-state index contributed by atoms with van der Waals surface area (Å²) in [5.41, 5.74) is 10.9. The standard InChI is InChI=1S/C28H27N5O3S/c1-30-17-24(19-12-14-31-15-13-19)27(29)20-8-10-22(11-9-20)36-18-26-23(28(34)33-37(2,3)35)16-21-6-4-5-7-25(21)32-26/h4-17H,18,29H2,1-3H3/b27-24+,30-17?. The Morgan fingerprint density at radius 2 is 1.73 bits per heavy atom. The largest absolute Gasteiger partial charge is 0.487 e. The predicted molar refractivity (Wildman–Crippen MR) is 149 cm³/mol. The van der Waals surface area contributed by atoms with Crippen LogP contribution in [0.4, 0.5) is 0 Å². The summed E-state index contributed by atoms with van der Waals surface area (Å²) in [6, 6.07) is 20.2. The number of aromatic nitrogens is 2. The molecule has 0 bridgehead atoms. The number of amides is 1. The van der Waals surface area contributed by atoms with E-state index in [0.717, 1.165) is 27.6 Å². The SMILES string of the molecule is CN=C/C(=C(\N)c1ccc(OCc2nc3ccccc3cc2C(=O)N=S(C)(C)=O)cc1)c1ccncc1. The van der Waals surface area contributed by atoms with E-state index in [9.17, 15) is 9.00 Å². The first kappa shape index (κ1) is 25.7. The Hall–Kier alpha value is -4.37. The monoisotopic (exact) mass is 513 g/mol. The molecule has 0 aliphatic carbocycles. The van der Waals surface area contributed by atoms with Crippen LogP contribution in [0.15, 0.2) is 88.5 Å². The van der Waals surface area contributed by atoms with Crippen molar-refractivity contribution < 1.29 is 13.7 Å². The van der Waals surface area contributed by atoms with Gasteiger partial charge < -0.3 is 10.5 Å². The minimum atomic E-state index is -2.63. The van der Waals surface area contributed by atoms with Crippen LogP contribution in [-0.2, 0) is 16.3 Å². The zero-order valence-electron chi connectivity index (χ0n) is 20.8. The molecule has 37 heavy (non-hydrogen) atoms. The van der Waals surface area contributed by atoms with Crippen LogP contribution in [-0.4, -0.2) is 45.9 Å². The molecule has 0 radical (unpaired) electrons. The lowest BCUT2D eigenvalue weighted by atomic mass is 10.0. The van der Waals surface area contributed by atoms with Gasteiger partial charge in [0, 0.05) is 64.6 Å². The highest BCUT2D eigenvalue weighted by atomic mass is 32.2. The van der Waals surface area contributed by atoms with E-state index in [1.165, 1.54) is 12.5 Å². The van der Waals surface area contributed by atoms with Gasteiger partial charge in [-0.1, -0.05) is 18.2 Å². The van der Waals surface area contributed by atoms with Crippen LogP contribution in [0, 0.1) is 0 Å². The summed E-state index contributed by atoms with van der Waals surface area (Å²) in [7, 11) is -0.933. The molecule has 2 aromatic heterocycles. The van der Waals surface area contributed by atoms with Gasteiger partial charge in [-0.3, -0.25) is 14.8 Å². The molecule has 188 valence electrons. The summed E-state index contributed by atoms with van der Waals surface area (Å²) in [6.07, 6.45) is 7.97. The Kier molecular flexibility index (Phi) is 7.74. The van der Waals surface area contributed by atoms with E-state index in [4.69, 9.17) is 10.5 Å². The summed E-state index contributed by atoms with van der Waals surface area (Å²) >= 11 is 0. The number of aliphatic imine (C=N–C) groups is 1. The molecule has 0 atom stereocenters. The summed E-state index contributed by atoms with van der Waals surface area (Å²) in [5, 5.41) is 0.788. The Morgan fingerprint density at radius 3 is 2.41 bits per heavy atom. The summed E-state index contributed by atoms with van der Waals surface area (Å²) in [5.74, 6) is -0.00686. The summed E-state index contributed by atoms with van der Waals surface area (Å²) in [6.45, 7) is 0.0332. The third kappa shape index (κ3) is 6.45. The number of fused-ring (bicyclic) bond motifs is 1. The predicted octanol–water partition coefficient (Wildman–Crippen LogP) is 4.60. The molecule has 0 unspecified atom stereocenters. The fourth-order valence-corrected chi connectivity index (χ4v) is 4.20. The number of carbonyl (C=O) groups is 1. The number of ether oxygens (including phenoxy) is 1. The lowest BCUT2D eigenvalue weighted by molar-refractivity contribution is 0.100. The Bertz CT molecular complexity index is 1610. The molecule has 8 nitrogen and oxygen atoms in total. The van der Waals surface area contributed by atoms with E-state index in [1.54, 1.807) is 43.9 Å². The van der Waals surface area contributed by atoms with Crippen LogP contribution < -0.4 is 10.5 Å². The van der Waals surface area contributed by atoms with E-state index in [-0.39, 0.29) is 12.2 Å². The van der Waals surface area contributed by atoms with Gasteiger partial charge in [-0.15, -0.1) is 0 Å². The number of allylic oxidation sites excluding steroid dienone is 1. The second-order valence-electron chi connectivity index (χ2n) is 8.52. The van der Waals surface area contributed by atoms with Crippen molar-refractivity contribution in [1.82, 2.24) is 9.97 Å². The minimum Gasteiger partial charge on any atom is -0.487 e. The molecule has 4 rings (SSSR count). The number of hydrogen-bond donors (Lipinski definition) is 1. The van der Waals surface area contributed by atoms with E-state index in [0.29, 0.717) is 17.1 Å². The fourth-order valence-electron chi connectivity index (χ4n) is 3.70. The quantitative estimate of drug-likeness (QED) is 0.361. The molecule has 0 saturated carbocycles. The van der Waals surface area contributed by atoms with Crippen molar-refractivity contribution in [2.24, 2.45) is 15.1 Å². The summed E-state index contributed by atoms with van der Waals surface area (Å²) < 4.78 is 21.9. The number of pyridine rings is 2. The molecule has 9 heteroatoms. The maximum Gasteiger partial charge on any atom is 0.287 e. The van der Waals surface area contributed by atoms with Crippen LogP contribution in [0.2, 0.25) is 0 Å². The van der Waals surface area contributed by atoms with Gasteiger partial charge in [0.15, 0.2) is 0 Å². The smallest absolute Gasteiger partial charge is 0.287 e. The molecule has 4 aromatic rings. The number of nitrogens with zero attached hydrogens (tertiary/aromatic N) is 4. The van der Waals surface area contributed by atoms with E-state index < -0.39 is 15.6 Å². The topological polar surface area (TPSA) is 120 Å². The van der Waals surface area contributed by atoms with Crippen molar-refractivity contribution in [2.75, 3.05) is 19.6 Å². The normalized spacial score (nSPS) is 12.4. The summed E-state index contributed by atoms with van der Waals surface area (Å²) in [4.78, 5) is 25.6. The number of nitrogens with two attached hydrogens (primary N) is 1. The first-order valence-electron chi connectivity index (χ1n) is 11.4. The molecule has 0 fully saturated rings. The van der Waals surface area contributed by atoms with Gasteiger partial charge in [0.2, 0.25) is 0 Å². The highest BCUT2D eigenvalue weighted by Gasteiger charge is 2.16. The van der Waals surface area contributed by atoms with Crippen molar-refractivity contribution in [1.29, 1.82) is 0 Å². The lowest BCUT2D eigenvalue weighted by Crippen LogP contribution is -2.09. The van der Waals surface area contributed by atoms with Gasteiger partial charge in [-0.05, 0) is 59.7 Å². The highest BCUT2D eigenvalue weighted by Crippen LogP contribution is 2.24. The Balaban J connectivity index is 1.62. The van der Waals surface area contributed by atoms with Crippen molar-refractivity contribution in [3.8, 4) is 5.75 Å². The molecule has 0 saturated heterocycles. The van der Waals surface area contributed by atoms with E-state index in [2.05, 4.69) is 19.3 Å². The second kappa shape index (κ2) is 11.1. The van der Waals surface area contributed by atoms with Gasteiger partial charge in [-0.25, -0.2) is 9.19 Å². The van der Waals surface area contributed by atoms with Gasteiger partial charge >= 0.3 is 0 Å². The molecule has 2 aromatic carbocycles. The van der Waals surface area contributed by atoms with Crippen molar-refractivity contribution in [3.05, 3.63) is 102 Å². The zero-order valence-corrected chi connectivity index (χ0v) is 21.6. The minimum absolute atomic E-state index is 0.0332. The third-order valence-corrected chi connectivity index (χ3v) is 6.02. The molecule has 0 aliphatic heterocycles. The van der Waals surface area contributed by atoms with E-state index in [1.807, 2.05) is 48.5 Å². The first-order chi connectivity index (χ1) is 17.7. The third-order valence-electron chi connectivity index (χ3n) is 5.42. The molecule has 2 heterocycles. The molecule has 2 N–H and O–H groups in total. The number of carbonyl (C=O) groups excluding carboxylic acids is 1. The van der Waals surface area contributed by atoms with Gasteiger partial charge in [0.05, 0.1) is 16.8 Å². The number of benzene rings is 2. The lowest BCUT2D eigenvalue weighted by Gasteiger charge is -2.12. The molecular formula is C28H27N5O3S. The average Bonchev–Trinajstić information content (AvgIpc) is 2.89. The second-order valence-corrected chi connectivity index (χ2v) is 11.1. The molecular weight excluding hydrogens is 486 g/mol. The van der Waals surface area contributed by atoms with E-state index >= 15 is 0 Å². The first-order valence-corrected chi connectivity index (χ1v) is 13.7. The maximum absolute atomic E-state index is 12.8. The number of hydrogen-bond acceptors (Lipinski definition) is 7. The molecule has 1 amide bonds. The van der Waals surface area contributed by atoms with Crippen LogP contribution in [0.3, 0.4) is 0 Å². The number of para-hydroxylation sites is 1. The van der Waals surface area contributed by atoms with Crippen LogP contribution >= 0.6 is 0 Å². The number of rotatable bonds is 7.